The van der Waals surface area contributed by atoms with Gasteiger partial charge in [-0.25, -0.2) is 0 Å². The molecule has 1 aromatic carbocycles. The van der Waals surface area contributed by atoms with Gasteiger partial charge in [-0.3, -0.25) is 9.59 Å². The Hall–Kier alpha value is -2.04. The normalized spacial score (nSPS) is 16.3. The molecule has 3 N–H and O–H groups in total. The van der Waals surface area contributed by atoms with E-state index in [1.807, 2.05) is 18.2 Å². The Kier molecular flexibility index (Phi) is 2.52. The predicted octanol–water partition coefficient (Wildman–Crippen LogP) is 0.319. The minimum Gasteiger partial charge on any atom is -0.368 e. The van der Waals surface area contributed by atoms with Crippen molar-refractivity contribution in [2.24, 2.45) is 5.73 Å². The summed E-state index contributed by atoms with van der Waals surface area (Å²) in [5, 5.41) is 2.75. The van der Waals surface area contributed by atoms with Crippen molar-refractivity contribution in [3.63, 3.8) is 0 Å². The van der Waals surface area contributed by atoms with Crippen LogP contribution in [0.15, 0.2) is 24.3 Å². The molecule has 0 aromatic heterocycles. The zero-order valence-corrected chi connectivity index (χ0v) is 8.93. The first-order chi connectivity index (χ1) is 7.59. The molecule has 0 radical (unpaired) electrons. The number of carbonyl (C=O) groups excluding carboxylic acids is 2. The van der Waals surface area contributed by atoms with Gasteiger partial charge in [0.2, 0.25) is 11.8 Å². The van der Waals surface area contributed by atoms with Gasteiger partial charge in [0, 0.05) is 0 Å². The number of anilines is 2. The summed E-state index contributed by atoms with van der Waals surface area (Å²) < 4.78 is 0. The molecule has 0 bridgehead atoms. The van der Waals surface area contributed by atoms with Crippen LogP contribution in [0.25, 0.3) is 0 Å². The van der Waals surface area contributed by atoms with Gasteiger partial charge in [0.1, 0.15) is 6.04 Å². The largest absolute Gasteiger partial charge is 0.368 e. The maximum absolute atomic E-state index is 11.5. The van der Waals surface area contributed by atoms with Crippen LogP contribution in [0.3, 0.4) is 0 Å². The number of nitrogens with two attached hydrogens (primary N) is 1. The molecule has 16 heavy (non-hydrogen) atoms. The number of fused-ring (bicyclic) bond motifs is 1. The van der Waals surface area contributed by atoms with Crippen molar-refractivity contribution in [2.75, 3.05) is 16.8 Å². The van der Waals surface area contributed by atoms with E-state index in [1.165, 1.54) is 0 Å². The van der Waals surface area contributed by atoms with Gasteiger partial charge in [-0.05, 0) is 19.1 Å². The van der Waals surface area contributed by atoms with Crippen LogP contribution in [-0.2, 0) is 9.59 Å². The van der Waals surface area contributed by atoms with E-state index < -0.39 is 11.9 Å². The fourth-order valence-corrected chi connectivity index (χ4v) is 1.76. The Morgan fingerprint density at radius 3 is 2.88 bits per heavy atom. The lowest BCUT2D eigenvalue weighted by Gasteiger charge is -2.34. The quantitative estimate of drug-likeness (QED) is 0.752. The molecule has 0 aliphatic carbocycles. The highest BCUT2D eigenvalue weighted by molar-refractivity contribution is 6.02. The molecule has 84 valence electrons. The van der Waals surface area contributed by atoms with E-state index in [0.29, 0.717) is 5.69 Å². The van der Waals surface area contributed by atoms with E-state index >= 15 is 0 Å². The molecule has 0 saturated carbocycles. The molecule has 1 unspecified atom stereocenters. The Bertz CT molecular complexity index is 445. The molecule has 0 saturated heterocycles. The summed E-state index contributed by atoms with van der Waals surface area (Å²) in [6, 6.07) is 6.85. The average Bonchev–Trinajstić information content (AvgIpc) is 2.26. The number of hydrogen-bond acceptors (Lipinski definition) is 3. The van der Waals surface area contributed by atoms with Gasteiger partial charge < -0.3 is 16.0 Å². The molecule has 5 nitrogen and oxygen atoms in total. The Morgan fingerprint density at radius 1 is 1.50 bits per heavy atom. The van der Waals surface area contributed by atoms with Gasteiger partial charge in [0.15, 0.2) is 0 Å². The van der Waals surface area contributed by atoms with Crippen LogP contribution in [0.5, 0.6) is 0 Å². The summed E-state index contributed by atoms with van der Waals surface area (Å²) in [6.07, 6.45) is 0. The number of nitrogens with one attached hydrogen (secondary N) is 1. The third-order valence-corrected chi connectivity index (χ3v) is 2.68. The second-order valence-electron chi connectivity index (χ2n) is 3.77. The highest BCUT2D eigenvalue weighted by Crippen LogP contribution is 2.30. The number of benzene rings is 1. The van der Waals surface area contributed by atoms with Crippen LogP contribution in [0.4, 0.5) is 11.4 Å². The molecule has 1 heterocycles. The molecule has 0 fully saturated rings. The zero-order chi connectivity index (χ0) is 11.7. The van der Waals surface area contributed by atoms with Crippen molar-refractivity contribution in [3.8, 4) is 0 Å². The maximum atomic E-state index is 11.5. The van der Waals surface area contributed by atoms with E-state index in [4.69, 9.17) is 5.73 Å². The Morgan fingerprint density at radius 2 is 2.19 bits per heavy atom. The molecule has 2 rings (SSSR count). The molecule has 1 aliphatic heterocycles. The highest BCUT2D eigenvalue weighted by Gasteiger charge is 2.27. The molecule has 1 aliphatic rings. The van der Waals surface area contributed by atoms with E-state index in [-0.39, 0.29) is 12.5 Å². The van der Waals surface area contributed by atoms with E-state index in [1.54, 1.807) is 17.9 Å². The molecular weight excluding hydrogens is 206 g/mol. The number of amides is 2. The number of carbonyl (C=O) groups is 2. The van der Waals surface area contributed by atoms with Crippen molar-refractivity contribution < 1.29 is 9.59 Å². The monoisotopic (exact) mass is 219 g/mol. The lowest BCUT2D eigenvalue weighted by molar-refractivity contribution is -0.119. The standard InChI is InChI=1S/C11H13N3O2/c1-7(11(12)16)14-6-10(15)13-8-4-2-3-5-9(8)14/h2-5,7H,6H2,1H3,(H2,12,16)(H,13,15). The van der Waals surface area contributed by atoms with Crippen molar-refractivity contribution in [3.05, 3.63) is 24.3 Å². The third-order valence-electron chi connectivity index (χ3n) is 2.68. The summed E-state index contributed by atoms with van der Waals surface area (Å²) >= 11 is 0. The fraction of sp³-hybridized carbons (Fsp3) is 0.273. The van der Waals surface area contributed by atoms with Gasteiger partial charge in [-0.1, -0.05) is 12.1 Å². The molecular formula is C11H13N3O2. The van der Waals surface area contributed by atoms with Crippen molar-refractivity contribution in [1.29, 1.82) is 0 Å². The predicted molar refractivity (Wildman–Crippen MR) is 61.1 cm³/mol. The summed E-state index contributed by atoms with van der Waals surface area (Å²) in [4.78, 5) is 24.3. The Labute approximate surface area is 93.2 Å². The summed E-state index contributed by atoms with van der Waals surface area (Å²) in [6.45, 7) is 1.85. The molecule has 5 heteroatoms. The zero-order valence-electron chi connectivity index (χ0n) is 8.93. The molecule has 2 amide bonds. The van der Waals surface area contributed by atoms with Crippen molar-refractivity contribution in [1.82, 2.24) is 0 Å². The van der Waals surface area contributed by atoms with Gasteiger partial charge in [0.25, 0.3) is 0 Å². The fourth-order valence-electron chi connectivity index (χ4n) is 1.76. The lowest BCUT2D eigenvalue weighted by Crippen LogP contribution is -2.48. The highest BCUT2D eigenvalue weighted by atomic mass is 16.2. The average molecular weight is 219 g/mol. The first-order valence-corrected chi connectivity index (χ1v) is 5.04. The molecule has 1 atom stereocenters. The van der Waals surface area contributed by atoms with E-state index in [2.05, 4.69) is 5.32 Å². The van der Waals surface area contributed by atoms with Gasteiger partial charge in [-0.2, -0.15) is 0 Å². The number of para-hydroxylation sites is 2. The number of rotatable bonds is 2. The summed E-state index contributed by atoms with van der Waals surface area (Å²) in [5.74, 6) is -0.573. The summed E-state index contributed by atoms with van der Waals surface area (Å²) in [5.41, 5.74) is 6.80. The minimum atomic E-state index is -0.493. The smallest absolute Gasteiger partial charge is 0.243 e. The minimum absolute atomic E-state index is 0.133. The van der Waals surface area contributed by atoms with Gasteiger partial charge in [0.05, 0.1) is 17.9 Å². The van der Waals surface area contributed by atoms with Gasteiger partial charge >= 0.3 is 0 Å². The van der Waals surface area contributed by atoms with Crippen LogP contribution in [0.2, 0.25) is 0 Å². The van der Waals surface area contributed by atoms with Crippen molar-refractivity contribution >= 4 is 23.2 Å². The maximum Gasteiger partial charge on any atom is 0.243 e. The third kappa shape index (κ3) is 1.71. The molecule has 1 aromatic rings. The van der Waals surface area contributed by atoms with Crippen LogP contribution in [0.1, 0.15) is 6.92 Å². The first-order valence-electron chi connectivity index (χ1n) is 5.04. The second kappa shape index (κ2) is 3.84. The SMILES string of the molecule is CC(C(N)=O)N1CC(=O)Nc2ccccc21. The van der Waals surface area contributed by atoms with Gasteiger partial charge in [-0.15, -0.1) is 0 Å². The second-order valence-corrected chi connectivity index (χ2v) is 3.77. The van der Waals surface area contributed by atoms with Crippen LogP contribution < -0.4 is 16.0 Å². The number of hydrogen-bond donors (Lipinski definition) is 2. The molecule has 0 spiro atoms. The number of nitrogens with zero attached hydrogens (tertiary/aromatic N) is 1. The van der Waals surface area contributed by atoms with Crippen LogP contribution in [0, 0.1) is 0 Å². The number of primary amides is 1. The van der Waals surface area contributed by atoms with Crippen molar-refractivity contribution in [2.45, 2.75) is 13.0 Å². The topological polar surface area (TPSA) is 75.4 Å². The van der Waals surface area contributed by atoms with E-state index in [9.17, 15) is 9.59 Å². The first kappa shape index (κ1) is 10.5. The summed E-state index contributed by atoms with van der Waals surface area (Å²) in [7, 11) is 0. The van der Waals surface area contributed by atoms with E-state index in [0.717, 1.165) is 5.69 Å². The Balaban J connectivity index is 2.41. The lowest BCUT2D eigenvalue weighted by atomic mass is 10.1. The van der Waals surface area contributed by atoms with Crippen LogP contribution >= 0.6 is 0 Å². The van der Waals surface area contributed by atoms with Crippen LogP contribution in [-0.4, -0.2) is 24.4 Å².